The summed E-state index contributed by atoms with van der Waals surface area (Å²) in [5.41, 5.74) is 6.76. The molecule has 2 heterocycles. The number of amides is 1. The van der Waals surface area contributed by atoms with Gasteiger partial charge in [0.25, 0.3) is 0 Å². The van der Waals surface area contributed by atoms with Crippen LogP contribution in [0.25, 0.3) is 11.3 Å². The fourth-order valence-corrected chi connectivity index (χ4v) is 4.68. The van der Waals surface area contributed by atoms with E-state index in [1.807, 2.05) is 18.7 Å². The first-order valence-electron chi connectivity index (χ1n) is 10.6. The van der Waals surface area contributed by atoms with Crippen molar-refractivity contribution < 1.29 is 9.18 Å². The maximum absolute atomic E-state index is 13.5. The second-order valence-electron chi connectivity index (χ2n) is 8.58. The number of benzene rings is 1. The minimum absolute atomic E-state index is 0.0118. The third-order valence-corrected chi connectivity index (χ3v) is 6.28. The number of carbonyl (C=O) groups excluding carboxylic acids is 1. The number of hydrogen-bond donors (Lipinski definition) is 2. The topological polar surface area (TPSA) is 76.2 Å². The highest BCUT2D eigenvalue weighted by atomic mass is 19.1. The fourth-order valence-electron chi connectivity index (χ4n) is 4.68. The van der Waals surface area contributed by atoms with Crippen LogP contribution in [0.5, 0.6) is 0 Å². The smallest absolute Gasteiger partial charge is 0.237 e. The molecule has 1 aromatic heterocycles. The van der Waals surface area contributed by atoms with Crippen LogP contribution in [0.3, 0.4) is 0 Å². The van der Waals surface area contributed by atoms with Crippen LogP contribution >= 0.6 is 0 Å². The van der Waals surface area contributed by atoms with Crippen LogP contribution in [-0.2, 0) is 16.9 Å². The molecule has 0 atom stereocenters. The first kappa shape index (κ1) is 19.9. The number of halogens is 1. The van der Waals surface area contributed by atoms with Crippen LogP contribution in [0.1, 0.15) is 51.8 Å². The van der Waals surface area contributed by atoms with Gasteiger partial charge in [0.1, 0.15) is 23.2 Å². The lowest BCUT2D eigenvalue weighted by atomic mass is 9.95. The Balaban J connectivity index is 1.79. The Bertz CT molecular complexity index is 883. The molecule has 0 bridgehead atoms. The van der Waals surface area contributed by atoms with Crippen LogP contribution in [-0.4, -0.2) is 39.5 Å². The molecule has 0 spiro atoms. The summed E-state index contributed by atoms with van der Waals surface area (Å²) in [5, 5.41) is 3.75. The number of carbonyl (C=O) groups is 1. The van der Waals surface area contributed by atoms with E-state index < -0.39 is 5.54 Å². The van der Waals surface area contributed by atoms with Gasteiger partial charge in [-0.05, 0) is 51.0 Å². The molecule has 2 aromatic rings. The summed E-state index contributed by atoms with van der Waals surface area (Å²) in [6.45, 7) is 5.26. The third kappa shape index (κ3) is 3.64. The molecule has 0 unspecified atom stereocenters. The quantitative estimate of drug-likeness (QED) is 0.825. The molecule has 29 heavy (non-hydrogen) atoms. The van der Waals surface area contributed by atoms with Crippen molar-refractivity contribution in [3.05, 3.63) is 35.9 Å². The summed E-state index contributed by atoms with van der Waals surface area (Å²) in [7, 11) is 0. The molecule has 3 N–H and O–H groups in total. The van der Waals surface area contributed by atoms with Crippen molar-refractivity contribution in [3.63, 3.8) is 0 Å². The van der Waals surface area contributed by atoms with Gasteiger partial charge in [-0.25, -0.2) is 9.37 Å². The lowest BCUT2D eigenvalue weighted by Gasteiger charge is -2.42. The Hall–Kier alpha value is -2.41. The molecule has 1 aromatic carbocycles. The minimum atomic E-state index is -0.573. The zero-order valence-corrected chi connectivity index (χ0v) is 17.2. The molecule has 1 saturated carbocycles. The zero-order chi connectivity index (χ0) is 20.6. The van der Waals surface area contributed by atoms with Gasteiger partial charge in [-0.15, -0.1) is 0 Å². The maximum Gasteiger partial charge on any atom is 0.237 e. The molecular weight excluding hydrogens is 369 g/mol. The average molecular weight is 400 g/mol. The lowest BCUT2D eigenvalue weighted by molar-refractivity contribution is -0.137. The fraction of sp³-hybridized carbons (Fsp3) is 0.545. The average Bonchev–Trinajstić information content (AvgIpc) is 3.08. The predicted octanol–water partition coefficient (Wildman–Crippen LogP) is 3.47. The molecule has 1 aliphatic carbocycles. The van der Waals surface area contributed by atoms with E-state index in [1.54, 1.807) is 12.1 Å². The number of nitrogens with zero attached hydrogens (tertiary/aromatic N) is 3. The number of imidazole rings is 1. The Morgan fingerprint density at radius 2 is 1.90 bits per heavy atom. The number of nitrogens with two attached hydrogens (primary N) is 1. The van der Waals surface area contributed by atoms with E-state index in [1.165, 1.54) is 31.4 Å². The van der Waals surface area contributed by atoms with Crippen LogP contribution in [0.15, 0.2) is 24.3 Å². The highest BCUT2D eigenvalue weighted by Gasteiger charge is 2.41. The van der Waals surface area contributed by atoms with E-state index in [9.17, 15) is 9.18 Å². The van der Waals surface area contributed by atoms with Gasteiger partial charge in [-0.1, -0.05) is 19.3 Å². The van der Waals surface area contributed by atoms with E-state index >= 15 is 0 Å². The zero-order valence-electron chi connectivity index (χ0n) is 17.2. The number of hydrogen-bond acceptors (Lipinski definition) is 4. The van der Waals surface area contributed by atoms with Gasteiger partial charge >= 0.3 is 0 Å². The van der Waals surface area contributed by atoms with Crippen molar-refractivity contribution in [2.75, 3.05) is 18.4 Å². The van der Waals surface area contributed by atoms with Crippen LogP contribution in [0.2, 0.25) is 0 Å². The Morgan fingerprint density at radius 1 is 1.21 bits per heavy atom. The van der Waals surface area contributed by atoms with Gasteiger partial charge in [-0.3, -0.25) is 4.79 Å². The van der Waals surface area contributed by atoms with E-state index in [4.69, 9.17) is 10.7 Å². The van der Waals surface area contributed by atoms with E-state index in [-0.39, 0.29) is 18.3 Å². The molecule has 4 rings (SSSR count). The molecule has 156 valence electrons. The highest BCUT2D eigenvalue weighted by Crippen LogP contribution is 2.39. The number of aromatic nitrogens is 2. The summed E-state index contributed by atoms with van der Waals surface area (Å²) < 4.78 is 15.7. The van der Waals surface area contributed by atoms with E-state index in [0.717, 1.165) is 35.7 Å². The molecule has 1 amide bonds. The monoisotopic (exact) mass is 399 g/mol. The number of fused-ring (bicyclic) bond motifs is 1. The molecule has 7 heteroatoms. The largest absolute Gasteiger partial charge is 0.367 e. The first-order chi connectivity index (χ1) is 13.9. The third-order valence-electron chi connectivity index (χ3n) is 6.28. The van der Waals surface area contributed by atoms with Crippen molar-refractivity contribution in [1.29, 1.82) is 0 Å². The molecule has 1 aliphatic heterocycles. The molecule has 1 fully saturated rings. The Labute approximate surface area is 171 Å². The van der Waals surface area contributed by atoms with Crippen molar-refractivity contribution in [2.45, 2.75) is 64.1 Å². The van der Waals surface area contributed by atoms with Gasteiger partial charge in [-0.2, -0.15) is 0 Å². The van der Waals surface area contributed by atoms with Crippen molar-refractivity contribution in [2.24, 2.45) is 5.73 Å². The summed E-state index contributed by atoms with van der Waals surface area (Å²) in [6, 6.07) is 6.88. The molecular formula is C22H30FN5O. The van der Waals surface area contributed by atoms with Crippen molar-refractivity contribution >= 4 is 11.7 Å². The SMILES string of the molecule is CC1(C)c2nc(-c3ccc(F)cc3)c(NC3CCCCC3)n2CCN1C(=O)CN. The predicted molar refractivity (Wildman–Crippen MR) is 112 cm³/mol. The van der Waals surface area contributed by atoms with Crippen LogP contribution in [0.4, 0.5) is 10.2 Å². The minimum Gasteiger partial charge on any atom is -0.367 e. The summed E-state index contributed by atoms with van der Waals surface area (Å²) in [5.74, 6) is 1.48. The normalized spacial score (nSPS) is 19.1. The Morgan fingerprint density at radius 3 is 2.55 bits per heavy atom. The van der Waals surface area contributed by atoms with E-state index in [2.05, 4.69) is 9.88 Å². The van der Waals surface area contributed by atoms with Gasteiger partial charge in [0.15, 0.2) is 0 Å². The molecule has 6 nitrogen and oxygen atoms in total. The Kier molecular flexibility index (Phi) is 5.34. The molecule has 2 aliphatic rings. The van der Waals surface area contributed by atoms with E-state index in [0.29, 0.717) is 19.1 Å². The highest BCUT2D eigenvalue weighted by molar-refractivity contribution is 5.80. The first-order valence-corrected chi connectivity index (χ1v) is 10.6. The summed E-state index contributed by atoms with van der Waals surface area (Å²) in [4.78, 5) is 19.2. The summed E-state index contributed by atoms with van der Waals surface area (Å²) in [6.07, 6.45) is 6.04. The van der Waals surface area contributed by atoms with Gasteiger partial charge in [0.05, 0.1) is 12.1 Å². The van der Waals surface area contributed by atoms with Crippen LogP contribution < -0.4 is 11.1 Å². The van der Waals surface area contributed by atoms with Gasteiger partial charge in [0.2, 0.25) is 5.91 Å². The van der Waals surface area contributed by atoms with Crippen LogP contribution in [0, 0.1) is 5.82 Å². The number of anilines is 1. The number of rotatable bonds is 4. The van der Waals surface area contributed by atoms with Gasteiger partial charge < -0.3 is 20.5 Å². The summed E-state index contributed by atoms with van der Waals surface area (Å²) >= 11 is 0. The maximum atomic E-state index is 13.5. The standard InChI is InChI=1S/C22H30FN5O/c1-22(2)21-26-19(15-8-10-16(23)11-9-15)20(25-17-6-4-3-5-7-17)27(21)12-13-28(22)18(29)14-24/h8-11,17,25H,3-7,12-14,24H2,1-2H3. The molecule has 0 radical (unpaired) electrons. The molecule has 0 saturated heterocycles. The van der Waals surface area contributed by atoms with Crippen molar-refractivity contribution in [1.82, 2.24) is 14.5 Å². The number of nitrogens with one attached hydrogen (secondary N) is 1. The van der Waals surface area contributed by atoms with Crippen molar-refractivity contribution in [3.8, 4) is 11.3 Å². The lowest BCUT2D eigenvalue weighted by Crippen LogP contribution is -2.53. The second kappa shape index (κ2) is 7.78. The van der Waals surface area contributed by atoms with Gasteiger partial charge in [0, 0.05) is 24.7 Å². The second-order valence-corrected chi connectivity index (χ2v) is 8.58.